The first kappa shape index (κ1) is 22.3. The third-order valence-electron chi connectivity index (χ3n) is 5.31. The average Bonchev–Trinajstić information content (AvgIpc) is 2.67. The number of Topliss-reactive ketones (excluding diaryl/α,β-unsaturated/α-hetero) is 1. The fourth-order valence-corrected chi connectivity index (χ4v) is 3.63. The van der Waals surface area contributed by atoms with Gasteiger partial charge in [-0.15, -0.1) is 0 Å². The van der Waals surface area contributed by atoms with E-state index in [4.69, 9.17) is 4.74 Å². The maximum Gasteiger partial charge on any atom is 0.174 e. The van der Waals surface area contributed by atoms with Gasteiger partial charge in [0.15, 0.2) is 17.3 Å². The lowest BCUT2D eigenvalue weighted by Crippen LogP contribution is -2.20. The number of ketones is 1. The van der Waals surface area contributed by atoms with Crippen LogP contribution in [-0.4, -0.2) is 26.2 Å². The van der Waals surface area contributed by atoms with Crippen LogP contribution in [0.4, 0.5) is 0 Å². The van der Waals surface area contributed by atoms with Gasteiger partial charge in [-0.25, -0.2) is 0 Å². The molecule has 0 amide bonds. The monoisotopic (exact) mass is 424 g/mol. The zero-order valence-corrected chi connectivity index (χ0v) is 18.0. The zero-order valence-electron chi connectivity index (χ0n) is 18.0. The minimum Gasteiger partial charge on any atom is -0.508 e. The van der Waals surface area contributed by atoms with Crippen LogP contribution in [0.1, 0.15) is 67.6 Å². The molecule has 6 heteroatoms. The lowest BCUT2D eigenvalue weighted by Gasteiger charge is -2.26. The number of hydrogen-bond acceptors (Lipinski definition) is 6. The largest absolute Gasteiger partial charge is 0.508 e. The highest BCUT2D eigenvalue weighted by molar-refractivity contribution is 6.02. The number of aromatic hydroxyl groups is 4. The Bertz CT molecular complexity index is 1060. The molecule has 164 valence electrons. The molecule has 3 rings (SSSR count). The molecular formula is C25H28O6. The fourth-order valence-electron chi connectivity index (χ4n) is 3.63. The molecule has 1 atom stereocenters. The molecule has 1 unspecified atom stereocenters. The summed E-state index contributed by atoms with van der Waals surface area (Å²) in [5, 5.41) is 40.2. The van der Waals surface area contributed by atoms with E-state index in [2.05, 4.69) is 19.9 Å². The summed E-state index contributed by atoms with van der Waals surface area (Å²) in [6.07, 6.45) is 5.70. The van der Waals surface area contributed by atoms with Crippen LogP contribution < -0.4 is 4.74 Å². The third-order valence-corrected chi connectivity index (χ3v) is 5.31. The van der Waals surface area contributed by atoms with Gasteiger partial charge >= 0.3 is 0 Å². The van der Waals surface area contributed by atoms with Crippen molar-refractivity contribution >= 4 is 5.78 Å². The van der Waals surface area contributed by atoms with Crippen molar-refractivity contribution in [1.29, 1.82) is 0 Å². The molecule has 4 N–H and O–H groups in total. The first-order chi connectivity index (χ1) is 14.7. The summed E-state index contributed by atoms with van der Waals surface area (Å²) in [6, 6.07) is 5.45. The standard InChI is InChI=1S/C25H28O6/c1-14(2)5-4-6-15(3)7-8-16-9-17(10-21(29)25(16)30)22-13-20(28)24-19(27)11-18(26)12-23(24)31-22/h5,7,9-12,22,26-27,29-30H,4,6,8,13H2,1-3H3/b15-7+. The van der Waals surface area contributed by atoms with E-state index in [0.29, 0.717) is 17.5 Å². The molecule has 0 fully saturated rings. The normalized spacial score (nSPS) is 15.9. The Hall–Kier alpha value is -3.41. The zero-order chi connectivity index (χ0) is 22.7. The molecule has 6 nitrogen and oxygen atoms in total. The number of carbonyl (C=O) groups excluding carboxylic acids is 1. The van der Waals surface area contributed by atoms with E-state index in [9.17, 15) is 25.2 Å². The lowest BCUT2D eigenvalue weighted by atomic mass is 9.93. The second-order valence-corrected chi connectivity index (χ2v) is 8.19. The van der Waals surface area contributed by atoms with E-state index in [1.807, 2.05) is 13.0 Å². The number of rotatable bonds is 6. The van der Waals surface area contributed by atoms with Crippen molar-refractivity contribution in [2.75, 3.05) is 0 Å². The number of phenolic OH excluding ortho intramolecular Hbond substituents is 4. The van der Waals surface area contributed by atoms with Gasteiger partial charge in [-0.1, -0.05) is 23.3 Å². The van der Waals surface area contributed by atoms with Crippen LogP contribution in [0, 0.1) is 0 Å². The Balaban J connectivity index is 1.84. The van der Waals surface area contributed by atoms with E-state index in [-0.39, 0.29) is 46.5 Å². The lowest BCUT2D eigenvalue weighted by molar-refractivity contribution is 0.0844. The Morgan fingerprint density at radius 1 is 1.03 bits per heavy atom. The molecule has 0 bridgehead atoms. The summed E-state index contributed by atoms with van der Waals surface area (Å²) in [5.41, 5.74) is 3.53. The quantitative estimate of drug-likeness (QED) is 0.363. The molecule has 0 saturated carbocycles. The van der Waals surface area contributed by atoms with Crippen molar-refractivity contribution in [1.82, 2.24) is 0 Å². The van der Waals surface area contributed by atoms with E-state index >= 15 is 0 Å². The maximum absolute atomic E-state index is 12.6. The Morgan fingerprint density at radius 2 is 1.77 bits per heavy atom. The van der Waals surface area contributed by atoms with Crippen molar-refractivity contribution in [3.63, 3.8) is 0 Å². The number of phenols is 4. The highest BCUT2D eigenvalue weighted by Crippen LogP contribution is 2.43. The Kier molecular flexibility index (Phi) is 6.59. The number of benzene rings is 2. The highest BCUT2D eigenvalue weighted by atomic mass is 16.5. The van der Waals surface area contributed by atoms with Crippen LogP contribution in [0.25, 0.3) is 0 Å². The van der Waals surface area contributed by atoms with Crippen LogP contribution in [-0.2, 0) is 6.42 Å². The molecule has 0 radical (unpaired) electrons. The van der Waals surface area contributed by atoms with Gasteiger partial charge in [0.2, 0.25) is 0 Å². The average molecular weight is 424 g/mol. The van der Waals surface area contributed by atoms with Crippen LogP contribution in [0.2, 0.25) is 0 Å². The molecule has 0 spiro atoms. The van der Waals surface area contributed by atoms with E-state index in [1.54, 1.807) is 6.07 Å². The van der Waals surface area contributed by atoms with Gasteiger partial charge < -0.3 is 25.2 Å². The first-order valence-electron chi connectivity index (χ1n) is 10.2. The van der Waals surface area contributed by atoms with Gasteiger partial charge in [-0.2, -0.15) is 0 Å². The van der Waals surface area contributed by atoms with E-state index in [1.165, 1.54) is 23.3 Å². The van der Waals surface area contributed by atoms with Crippen molar-refractivity contribution in [2.24, 2.45) is 0 Å². The minimum absolute atomic E-state index is 0.0344. The summed E-state index contributed by atoms with van der Waals surface area (Å²) in [4.78, 5) is 12.6. The van der Waals surface area contributed by atoms with Crippen LogP contribution in [0.15, 0.2) is 47.6 Å². The molecule has 2 aromatic carbocycles. The van der Waals surface area contributed by atoms with Gasteiger partial charge in [0, 0.05) is 17.7 Å². The van der Waals surface area contributed by atoms with Crippen LogP contribution in [0.3, 0.4) is 0 Å². The van der Waals surface area contributed by atoms with Crippen LogP contribution >= 0.6 is 0 Å². The molecule has 0 saturated heterocycles. The topological polar surface area (TPSA) is 107 Å². The third kappa shape index (κ3) is 5.20. The number of ether oxygens (including phenoxy) is 1. The fraction of sp³-hybridized carbons (Fsp3) is 0.320. The minimum atomic E-state index is -0.714. The number of fused-ring (bicyclic) bond motifs is 1. The summed E-state index contributed by atoms with van der Waals surface area (Å²) in [6.45, 7) is 6.15. The molecule has 31 heavy (non-hydrogen) atoms. The van der Waals surface area contributed by atoms with Crippen molar-refractivity contribution < 1.29 is 30.0 Å². The van der Waals surface area contributed by atoms with Gasteiger partial charge in [0.05, 0.1) is 6.42 Å². The SMILES string of the molecule is CC(C)=CCC/C(C)=C/Cc1cc(C2CC(=O)c3c(O)cc(O)cc3O2)cc(O)c1O. The molecular weight excluding hydrogens is 396 g/mol. The van der Waals surface area contributed by atoms with Gasteiger partial charge in [0.1, 0.15) is 28.9 Å². The molecule has 0 aliphatic carbocycles. The second kappa shape index (κ2) is 9.16. The summed E-state index contributed by atoms with van der Waals surface area (Å²) in [7, 11) is 0. The predicted molar refractivity (Wildman–Crippen MR) is 118 cm³/mol. The van der Waals surface area contributed by atoms with Crippen LogP contribution in [0.5, 0.6) is 28.7 Å². The smallest absolute Gasteiger partial charge is 0.174 e. The van der Waals surface area contributed by atoms with Gasteiger partial charge in [-0.3, -0.25) is 4.79 Å². The van der Waals surface area contributed by atoms with E-state index in [0.717, 1.165) is 18.9 Å². The number of allylic oxidation sites excluding steroid dienone is 4. The molecule has 0 aromatic heterocycles. The molecule has 1 aliphatic rings. The molecule has 1 heterocycles. The summed E-state index contributed by atoms with van der Waals surface area (Å²) in [5.74, 6) is -1.27. The van der Waals surface area contributed by atoms with Crippen molar-refractivity contribution in [3.8, 4) is 28.7 Å². The van der Waals surface area contributed by atoms with Gasteiger partial charge in [0.25, 0.3) is 0 Å². The Morgan fingerprint density at radius 3 is 2.48 bits per heavy atom. The second-order valence-electron chi connectivity index (χ2n) is 8.19. The first-order valence-corrected chi connectivity index (χ1v) is 10.2. The summed E-state index contributed by atoms with van der Waals surface area (Å²) >= 11 is 0. The van der Waals surface area contributed by atoms with Crippen molar-refractivity contribution in [3.05, 3.63) is 64.3 Å². The van der Waals surface area contributed by atoms with Crippen molar-refractivity contribution in [2.45, 2.75) is 52.6 Å². The summed E-state index contributed by atoms with van der Waals surface area (Å²) < 4.78 is 5.85. The maximum atomic E-state index is 12.6. The Labute approximate surface area is 181 Å². The van der Waals surface area contributed by atoms with E-state index < -0.39 is 6.10 Å². The van der Waals surface area contributed by atoms with Gasteiger partial charge in [-0.05, 0) is 57.7 Å². The molecule has 1 aliphatic heterocycles. The predicted octanol–water partition coefficient (Wildman–Crippen LogP) is 5.45. The number of hydrogen-bond donors (Lipinski definition) is 4. The number of carbonyl (C=O) groups is 1. The highest BCUT2D eigenvalue weighted by Gasteiger charge is 2.31. The molecule has 2 aromatic rings.